The number of likely N-dealkylation sites (tertiary alicyclic amines) is 1. The summed E-state index contributed by atoms with van der Waals surface area (Å²) in [5, 5.41) is 0. The van der Waals surface area contributed by atoms with Crippen molar-refractivity contribution in [3.63, 3.8) is 0 Å². The lowest BCUT2D eigenvalue weighted by Gasteiger charge is -2.39. The molecule has 1 saturated heterocycles. The zero-order valence-corrected chi connectivity index (χ0v) is 13.8. The zero-order valence-electron chi connectivity index (χ0n) is 13.8. The first-order chi connectivity index (χ1) is 11.7. The fourth-order valence-corrected chi connectivity index (χ4v) is 3.43. The summed E-state index contributed by atoms with van der Waals surface area (Å²) in [6.45, 7) is 3.23. The van der Waals surface area contributed by atoms with E-state index in [1.807, 2.05) is 11.0 Å². The van der Waals surface area contributed by atoms with E-state index in [1.54, 1.807) is 19.4 Å². The quantitative estimate of drug-likeness (QED) is 0.855. The van der Waals surface area contributed by atoms with Crippen molar-refractivity contribution in [2.45, 2.75) is 44.7 Å². The van der Waals surface area contributed by atoms with Gasteiger partial charge in [0.2, 0.25) is 0 Å². The Bertz CT molecular complexity index is 705. The first-order valence-corrected chi connectivity index (χ1v) is 8.48. The lowest BCUT2D eigenvalue weighted by Crippen LogP contribution is -2.48. The maximum absolute atomic E-state index is 12.5. The Labute approximate surface area is 140 Å². The number of aromatic nitrogens is 3. The number of carbonyl (C=O) groups is 1. The Kier molecular flexibility index (Phi) is 3.92. The van der Waals surface area contributed by atoms with Crippen molar-refractivity contribution in [1.82, 2.24) is 19.9 Å². The van der Waals surface area contributed by atoms with Crippen LogP contribution in [0.2, 0.25) is 0 Å². The number of anilines is 1. The number of nitrogens with zero attached hydrogens (tertiary/aromatic N) is 5. The summed E-state index contributed by atoms with van der Waals surface area (Å²) >= 11 is 0. The molecular formula is C17H21N5O2. The number of piperidine rings is 1. The third-order valence-corrected chi connectivity index (χ3v) is 4.75. The number of rotatable bonds is 4. The van der Waals surface area contributed by atoms with Gasteiger partial charge in [0.25, 0.3) is 5.91 Å². The van der Waals surface area contributed by atoms with Crippen LogP contribution in [0.4, 0.5) is 5.82 Å². The third kappa shape index (κ3) is 2.98. The smallest absolute Gasteiger partial charge is 0.275 e. The molecular weight excluding hydrogens is 306 g/mol. The molecule has 1 amide bonds. The molecule has 1 aliphatic heterocycles. The highest BCUT2D eigenvalue weighted by molar-refractivity contribution is 5.92. The minimum absolute atomic E-state index is 0.0368. The molecule has 0 N–H and O–H groups in total. The van der Waals surface area contributed by atoms with Crippen molar-refractivity contribution >= 4 is 11.7 Å². The van der Waals surface area contributed by atoms with Gasteiger partial charge < -0.3 is 14.2 Å². The monoisotopic (exact) mass is 327 g/mol. The fraction of sp³-hybridized carbons (Fsp3) is 0.529. The predicted molar refractivity (Wildman–Crippen MR) is 87.7 cm³/mol. The molecule has 24 heavy (non-hydrogen) atoms. The van der Waals surface area contributed by atoms with E-state index in [4.69, 9.17) is 4.42 Å². The van der Waals surface area contributed by atoms with Crippen LogP contribution >= 0.6 is 0 Å². The molecule has 3 heterocycles. The van der Waals surface area contributed by atoms with Gasteiger partial charge in [-0.15, -0.1) is 0 Å². The van der Waals surface area contributed by atoms with Crippen LogP contribution < -0.4 is 4.90 Å². The fourth-order valence-electron chi connectivity index (χ4n) is 3.43. The van der Waals surface area contributed by atoms with Gasteiger partial charge in [-0.1, -0.05) is 0 Å². The van der Waals surface area contributed by atoms with Gasteiger partial charge in [0.1, 0.15) is 18.4 Å². The number of hydrogen-bond acceptors (Lipinski definition) is 6. The van der Waals surface area contributed by atoms with Crippen LogP contribution in [0, 0.1) is 6.92 Å². The first-order valence-electron chi connectivity index (χ1n) is 8.48. The van der Waals surface area contributed by atoms with Crippen molar-refractivity contribution in [3.05, 3.63) is 36.4 Å². The van der Waals surface area contributed by atoms with Crippen molar-refractivity contribution in [1.29, 1.82) is 0 Å². The lowest BCUT2D eigenvalue weighted by atomic mass is 10.0. The van der Waals surface area contributed by atoms with E-state index in [2.05, 4.69) is 19.9 Å². The standard InChI is InChI=1S/C17H21N5O2/c1-12-20-15(10-24-12)17(23)21-8-5-14(6-9-21)22(13-2-3-13)16-4-7-18-11-19-16/h4,7,10-11,13-14H,2-3,5-6,8-9H2,1H3. The molecule has 1 aliphatic carbocycles. The summed E-state index contributed by atoms with van der Waals surface area (Å²) < 4.78 is 5.15. The van der Waals surface area contributed by atoms with Crippen LogP contribution in [0.5, 0.6) is 0 Å². The van der Waals surface area contributed by atoms with Crippen LogP contribution in [-0.2, 0) is 0 Å². The number of hydrogen-bond donors (Lipinski definition) is 0. The second-order valence-electron chi connectivity index (χ2n) is 6.48. The van der Waals surface area contributed by atoms with Crippen molar-refractivity contribution in [3.8, 4) is 0 Å². The summed E-state index contributed by atoms with van der Waals surface area (Å²) in [4.78, 5) is 29.4. The largest absolute Gasteiger partial charge is 0.448 e. The molecule has 0 atom stereocenters. The highest BCUT2D eigenvalue weighted by Gasteiger charge is 2.37. The Morgan fingerprint density at radius 1 is 1.25 bits per heavy atom. The summed E-state index contributed by atoms with van der Waals surface area (Å²) in [6, 6.07) is 2.99. The highest BCUT2D eigenvalue weighted by Crippen LogP contribution is 2.35. The molecule has 7 heteroatoms. The Balaban J connectivity index is 1.42. The topological polar surface area (TPSA) is 75.4 Å². The van der Waals surface area contributed by atoms with Crippen LogP contribution in [0.1, 0.15) is 42.1 Å². The van der Waals surface area contributed by atoms with Crippen molar-refractivity contribution in [2.24, 2.45) is 0 Å². The minimum Gasteiger partial charge on any atom is -0.448 e. The normalized spacial score (nSPS) is 18.6. The molecule has 1 saturated carbocycles. The molecule has 4 rings (SSSR count). The number of carbonyl (C=O) groups excluding carboxylic acids is 1. The Hall–Kier alpha value is -2.44. The van der Waals surface area contributed by atoms with Gasteiger partial charge in [0, 0.05) is 38.3 Å². The molecule has 0 radical (unpaired) electrons. The second-order valence-corrected chi connectivity index (χ2v) is 6.48. The maximum Gasteiger partial charge on any atom is 0.275 e. The van der Waals surface area contributed by atoms with E-state index >= 15 is 0 Å². The van der Waals surface area contributed by atoms with E-state index in [1.165, 1.54) is 19.1 Å². The van der Waals surface area contributed by atoms with Gasteiger partial charge >= 0.3 is 0 Å². The molecule has 7 nitrogen and oxygen atoms in total. The Morgan fingerprint density at radius 3 is 2.58 bits per heavy atom. The summed E-state index contributed by atoms with van der Waals surface area (Å²) in [5.41, 5.74) is 0.404. The van der Waals surface area contributed by atoms with Crippen LogP contribution in [-0.4, -0.2) is 50.9 Å². The molecule has 2 aliphatic rings. The summed E-state index contributed by atoms with van der Waals surface area (Å²) in [5.74, 6) is 1.49. The molecule has 2 fully saturated rings. The Morgan fingerprint density at radius 2 is 2.00 bits per heavy atom. The van der Waals surface area contributed by atoms with Gasteiger partial charge in [-0.2, -0.15) is 0 Å². The van der Waals surface area contributed by atoms with E-state index in [9.17, 15) is 4.79 Å². The van der Waals surface area contributed by atoms with Gasteiger partial charge in [0.15, 0.2) is 11.6 Å². The van der Waals surface area contributed by atoms with E-state index in [0.717, 1.165) is 31.7 Å². The number of aryl methyl sites for hydroxylation is 1. The van der Waals surface area contributed by atoms with Crippen LogP contribution in [0.15, 0.2) is 29.3 Å². The summed E-state index contributed by atoms with van der Waals surface area (Å²) in [6.07, 6.45) is 9.19. The van der Waals surface area contributed by atoms with Crippen molar-refractivity contribution < 1.29 is 9.21 Å². The predicted octanol–water partition coefficient (Wildman–Crippen LogP) is 2.05. The number of oxazole rings is 1. The van der Waals surface area contributed by atoms with Gasteiger partial charge in [-0.25, -0.2) is 15.0 Å². The van der Waals surface area contributed by atoms with Crippen LogP contribution in [0.25, 0.3) is 0 Å². The van der Waals surface area contributed by atoms with E-state index in [-0.39, 0.29) is 5.91 Å². The van der Waals surface area contributed by atoms with Crippen molar-refractivity contribution in [2.75, 3.05) is 18.0 Å². The van der Waals surface area contributed by atoms with E-state index in [0.29, 0.717) is 23.7 Å². The summed E-state index contributed by atoms with van der Waals surface area (Å²) in [7, 11) is 0. The lowest BCUT2D eigenvalue weighted by molar-refractivity contribution is 0.0706. The van der Waals surface area contributed by atoms with Gasteiger partial charge in [-0.3, -0.25) is 4.79 Å². The second kappa shape index (κ2) is 6.22. The van der Waals surface area contributed by atoms with E-state index < -0.39 is 0 Å². The molecule has 0 unspecified atom stereocenters. The SMILES string of the molecule is Cc1nc(C(=O)N2CCC(N(c3ccncn3)C3CC3)CC2)co1. The average molecular weight is 327 g/mol. The van der Waals surface area contributed by atoms with Gasteiger partial charge in [-0.05, 0) is 31.7 Å². The maximum atomic E-state index is 12.5. The first kappa shape index (κ1) is 15.1. The molecule has 2 aromatic rings. The number of amides is 1. The molecule has 2 aromatic heterocycles. The highest BCUT2D eigenvalue weighted by atomic mass is 16.3. The molecule has 126 valence electrons. The minimum atomic E-state index is -0.0368. The molecule has 0 bridgehead atoms. The van der Waals surface area contributed by atoms with Crippen LogP contribution in [0.3, 0.4) is 0 Å². The average Bonchev–Trinajstić information content (AvgIpc) is 3.36. The molecule has 0 aromatic carbocycles. The molecule has 0 spiro atoms. The third-order valence-electron chi connectivity index (χ3n) is 4.75. The van der Waals surface area contributed by atoms with Gasteiger partial charge in [0.05, 0.1) is 0 Å². The zero-order chi connectivity index (χ0) is 16.5.